The van der Waals surface area contributed by atoms with Gasteiger partial charge in [-0.1, -0.05) is 23.1 Å². The molecule has 0 radical (unpaired) electrons. The predicted molar refractivity (Wildman–Crippen MR) is 86.0 cm³/mol. The molecule has 0 spiro atoms. The number of rotatable bonds is 6. The maximum atomic E-state index is 12.0. The molecule has 1 amide bonds. The number of nitrogens with one attached hydrogen (secondary N) is 2. The molecule has 2 N–H and O–H groups in total. The molecule has 1 aliphatic rings. The lowest BCUT2D eigenvalue weighted by molar-refractivity contribution is -0.113. The zero-order valence-electron chi connectivity index (χ0n) is 11.8. The second-order valence-corrected chi connectivity index (χ2v) is 6.51. The van der Waals surface area contributed by atoms with Crippen LogP contribution in [0.15, 0.2) is 22.5 Å². The Bertz CT molecular complexity index is 677. The van der Waals surface area contributed by atoms with E-state index in [1.807, 2.05) is 6.92 Å². The van der Waals surface area contributed by atoms with Crippen molar-refractivity contribution >= 4 is 39.8 Å². The van der Waals surface area contributed by atoms with Crippen LogP contribution in [0.4, 0.5) is 10.8 Å². The Morgan fingerprint density at radius 1 is 1.36 bits per heavy atom. The Balaban J connectivity index is 1.51. The van der Waals surface area contributed by atoms with Gasteiger partial charge in [0.15, 0.2) is 15.8 Å². The van der Waals surface area contributed by atoms with Crippen molar-refractivity contribution in [3.8, 4) is 11.5 Å². The summed E-state index contributed by atoms with van der Waals surface area (Å²) in [6.45, 7) is 3.00. The molecule has 0 saturated carbocycles. The van der Waals surface area contributed by atoms with Crippen LogP contribution in [0, 0.1) is 0 Å². The van der Waals surface area contributed by atoms with Crippen LogP contribution >= 0.6 is 23.1 Å². The van der Waals surface area contributed by atoms with E-state index < -0.39 is 0 Å². The van der Waals surface area contributed by atoms with Gasteiger partial charge in [0.2, 0.25) is 17.8 Å². The SMILES string of the molecule is CCNc1nnc(SCC(=O)Nc2ccc3c(c2)OCO3)s1. The van der Waals surface area contributed by atoms with Gasteiger partial charge in [-0.2, -0.15) is 0 Å². The van der Waals surface area contributed by atoms with Crippen LogP contribution in [0.2, 0.25) is 0 Å². The predicted octanol–water partition coefficient (Wildman–Crippen LogP) is 2.43. The molecule has 116 valence electrons. The lowest BCUT2D eigenvalue weighted by atomic mass is 10.3. The highest BCUT2D eigenvalue weighted by molar-refractivity contribution is 8.01. The quantitative estimate of drug-likeness (QED) is 0.782. The fourth-order valence-electron chi connectivity index (χ4n) is 1.79. The Labute approximate surface area is 135 Å². The fourth-order valence-corrected chi connectivity index (χ4v) is 3.41. The zero-order valence-corrected chi connectivity index (χ0v) is 13.4. The van der Waals surface area contributed by atoms with Crippen LogP contribution in [-0.2, 0) is 4.79 Å². The summed E-state index contributed by atoms with van der Waals surface area (Å²) in [5, 5.41) is 14.7. The number of hydrogen-bond acceptors (Lipinski definition) is 8. The Morgan fingerprint density at radius 3 is 3.09 bits per heavy atom. The Kier molecular flexibility index (Phi) is 4.64. The number of thioether (sulfide) groups is 1. The molecule has 0 saturated heterocycles. The number of benzene rings is 1. The van der Waals surface area contributed by atoms with Crippen LogP contribution < -0.4 is 20.1 Å². The molecule has 0 bridgehead atoms. The van der Waals surface area contributed by atoms with Crippen molar-refractivity contribution in [1.82, 2.24) is 10.2 Å². The van der Waals surface area contributed by atoms with Gasteiger partial charge in [-0.3, -0.25) is 4.79 Å². The highest BCUT2D eigenvalue weighted by Gasteiger charge is 2.14. The molecule has 7 nitrogen and oxygen atoms in total. The van der Waals surface area contributed by atoms with Crippen LogP contribution in [0.25, 0.3) is 0 Å². The summed E-state index contributed by atoms with van der Waals surface area (Å²) in [5.41, 5.74) is 0.681. The smallest absolute Gasteiger partial charge is 0.234 e. The van der Waals surface area contributed by atoms with Crippen molar-refractivity contribution < 1.29 is 14.3 Å². The van der Waals surface area contributed by atoms with Crippen molar-refractivity contribution in [2.45, 2.75) is 11.3 Å². The summed E-state index contributed by atoms with van der Waals surface area (Å²) in [5.74, 6) is 1.50. The fraction of sp³-hybridized carbons (Fsp3) is 0.308. The average Bonchev–Trinajstić information content (AvgIpc) is 3.14. The number of fused-ring (bicyclic) bond motifs is 1. The third-order valence-corrected chi connectivity index (χ3v) is 4.73. The largest absolute Gasteiger partial charge is 0.454 e. The maximum Gasteiger partial charge on any atom is 0.234 e. The van der Waals surface area contributed by atoms with E-state index in [-0.39, 0.29) is 18.5 Å². The number of amides is 1. The van der Waals surface area contributed by atoms with Gasteiger partial charge in [-0.05, 0) is 19.1 Å². The first kappa shape index (κ1) is 14.9. The van der Waals surface area contributed by atoms with Crippen molar-refractivity contribution in [2.75, 3.05) is 29.7 Å². The van der Waals surface area contributed by atoms with Gasteiger partial charge < -0.3 is 20.1 Å². The van der Waals surface area contributed by atoms with Crippen LogP contribution in [0.1, 0.15) is 6.92 Å². The third-order valence-electron chi connectivity index (χ3n) is 2.72. The Hall–Kier alpha value is -2.00. The molecule has 1 aromatic carbocycles. The van der Waals surface area contributed by atoms with E-state index in [4.69, 9.17) is 9.47 Å². The summed E-state index contributed by atoms with van der Waals surface area (Å²) >= 11 is 2.79. The molecule has 2 aromatic rings. The number of nitrogens with zero attached hydrogens (tertiary/aromatic N) is 2. The number of carbonyl (C=O) groups excluding carboxylic acids is 1. The van der Waals surface area contributed by atoms with Gasteiger partial charge >= 0.3 is 0 Å². The molecular weight excluding hydrogens is 324 g/mol. The summed E-state index contributed by atoms with van der Waals surface area (Å²) in [6.07, 6.45) is 0. The number of hydrogen-bond donors (Lipinski definition) is 2. The number of ether oxygens (including phenoxy) is 2. The van der Waals surface area contributed by atoms with E-state index in [9.17, 15) is 4.79 Å². The zero-order chi connectivity index (χ0) is 15.4. The minimum atomic E-state index is -0.107. The highest BCUT2D eigenvalue weighted by Crippen LogP contribution is 2.34. The van der Waals surface area contributed by atoms with E-state index >= 15 is 0 Å². The topological polar surface area (TPSA) is 85.4 Å². The van der Waals surface area contributed by atoms with Gasteiger partial charge in [0, 0.05) is 18.3 Å². The van der Waals surface area contributed by atoms with Crippen LogP contribution in [0.5, 0.6) is 11.5 Å². The monoisotopic (exact) mass is 338 g/mol. The normalized spacial score (nSPS) is 12.2. The van der Waals surface area contributed by atoms with Crippen molar-refractivity contribution in [2.24, 2.45) is 0 Å². The van der Waals surface area contributed by atoms with Gasteiger partial charge in [0.25, 0.3) is 0 Å². The summed E-state index contributed by atoms with van der Waals surface area (Å²) < 4.78 is 11.3. The Morgan fingerprint density at radius 2 is 2.23 bits per heavy atom. The first-order valence-electron chi connectivity index (χ1n) is 6.64. The van der Waals surface area contributed by atoms with Gasteiger partial charge in [0.1, 0.15) is 0 Å². The third kappa shape index (κ3) is 3.60. The van der Waals surface area contributed by atoms with E-state index in [2.05, 4.69) is 20.8 Å². The molecule has 0 atom stereocenters. The minimum Gasteiger partial charge on any atom is -0.454 e. The van der Waals surface area contributed by atoms with E-state index in [1.165, 1.54) is 23.1 Å². The lowest BCUT2D eigenvalue weighted by Gasteiger charge is -2.05. The summed E-state index contributed by atoms with van der Waals surface area (Å²) in [6, 6.07) is 5.31. The molecule has 9 heteroatoms. The second kappa shape index (κ2) is 6.84. The van der Waals surface area contributed by atoms with E-state index in [0.29, 0.717) is 17.2 Å². The number of anilines is 2. The van der Waals surface area contributed by atoms with Crippen molar-refractivity contribution in [3.05, 3.63) is 18.2 Å². The van der Waals surface area contributed by atoms with Crippen molar-refractivity contribution in [1.29, 1.82) is 0 Å². The molecule has 0 unspecified atom stereocenters. The molecule has 1 aromatic heterocycles. The standard InChI is InChI=1S/C13H14N4O3S2/c1-2-14-12-16-17-13(22-12)21-6-11(18)15-8-3-4-9-10(5-8)20-7-19-9/h3-5H,2,6-7H2,1H3,(H,14,16)(H,15,18). The first-order valence-corrected chi connectivity index (χ1v) is 8.44. The first-order chi connectivity index (χ1) is 10.7. The van der Waals surface area contributed by atoms with E-state index in [0.717, 1.165) is 16.0 Å². The highest BCUT2D eigenvalue weighted by atomic mass is 32.2. The van der Waals surface area contributed by atoms with Crippen molar-refractivity contribution in [3.63, 3.8) is 0 Å². The molecule has 22 heavy (non-hydrogen) atoms. The maximum absolute atomic E-state index is 12.0. The number of carbonyl (C=O) groups is 1. The summed E-state index contributed by atoms with van der Waals surface area (Å²) in [4.78, 5) is 12.0. The molecule has 2 heterocycles. The number of aromatic nitrogens is 2. The van der Waals surface area contributed by atoms with E-state index in [1.54, 1.807) is 18.2 Å². The molecule has 3 rings (SSSR count). The molecule has 1 aliphatic heterocycles. The van der Waals surface area contributed by atoms with Crippen LogP contribution in [0.3, 0.4) is 0 Å². The second-order valence-electron chi connectivity index (χ2n) is 4.31. The van der Waals surface area contributed by atoms with Gasteiger partial charge in [-0.25, -0.2) is 0 Å². The van der Waals surface area contributed by atoms with Crippen LogP contribution in [-0.4, -0.2) is 35.2 Å². The van der Waals surface area contributed by atoms with Gasteiger partial charge in [-0.15, -0.1) is 10.2 Å². The lowest BCUT2D eigenvalue weighted by Crippen LogP contribution is -2.13. The summed E-state index contributed by atoms with van der Waals surface area (Å²) in [7, 11) is 0. The minimum absolute atomic E-state index is 0.107. The average molecular weight is 338 g/mol. The molecule has 0 fully saturated rings. The molecule has 0 aliphatic carbocycles. The molecular formula is C13H14N4O3S2. The van der Waals surface area contributed by atoms with Gasteiger partial charge in [0.05, 0.1) is 5.75 Å².